The fraction of sp³-hybridized carbons (Fsp3) is 0.625. The maximum absolute atomic E-state index is 14.1. The SMILES string of the molecule is CC1CN(Cc2cccc(Cl)c2F)C(C(C)(C)C)CN1. The van der Waals surface area contributed by atoms with Crippen molar-refractivity contribution >= 4 is 11.6 Å². The molecule has 0 aliphatic carbocycles. The normalized spacial score (nSPS) is 24.9. The first-order valence-corrected chi connectivity index (χ1v) is 7.57. The summed E-state index contributed by atoms with van der Waals surface area (Å²) >= 11 is 5.88. The minimum Gasteiger partial charge on any atom is -0.311 e. The molecule has 1 aromatic carbocycles. The van der Waals surface area contributed by atoms with Crippen LogP contribution in [0, 0.1) is 11.2 Å². The molecule has 20 heavy (non-hydrogen) atoms. The molecule has 0 aromatic heterocycles. The number of rotatable bonds is 2. The second kappa shape index (κ2) is 6.00. The zero-order valence-electron chi connectivity index (χ0n) is 12.7. The summed E-state index contributed by atoms with van der Waals surface area (Å²) < 4.78 is 14.1. The Morgan fingerprint density at radius 1 is 1.40 bits per heavy atom. The number of hydrogen-bond acceptors (Lipinski definition) is 2. The largest absolute Gasteiger partial charge is 0.311 e. The van der Waals surface area contributed by atoms with Crippen LogP contribution in [0.3, 0.4) is 0 Å². The Balaban J connectivity index is 2.21. The van der Waals surface area contributed by atoms with Crippen LogP contribution in [0.5, 0.6) is 0 Å². The quantitative estimate of drug-likeness (QED) is 0.896. The van der Waals surface area contributed by atoms with E-state index < -0.39 is 0 Å². The Morgan fingerprint density at radius 3 is 2.75 bits per heavy atom. The van der Waals surface area contributed by atoms with E-state index >= 15 is 0 Å². The summed E-state index contributed by atoms with van der Waals surface area (Å²) in [5, 5.41) is 3.73. The maximum Gasteiger partial charge on any atom is 0.146 e. The summed E-state index contributed by atoms with van der Waals surface area (Å²) in [7, 11) is 0. The molecule has 1 aromatic rings. The Labute approximate surface area is 126 Å². The van der Waals surface area contributed by atoms with Gasteiger partial charge in [0, 0.05) is 37.3 Å². The van der Waals surface area contributed by atoms with Crippen molar-refractivity contribution in [3.63, 3.8) is 0 Å². The smallest absolute Gasteiger partial charge is 0.146 e. The van der Waals surface area contributed by atoms with Crippen LogP contribution in [0.15, 0.2) is 18.2 Å². The van der Waals surface area contributed by atoms with Crippen molar-refractivity contribution < 1.29 is 4.39 Å². The van der Waals surface area contributed by atoms with Crippen LogP contribution in [0.25, 0.3) is 0 Å². The average molecular weight is 299 g/mol. The van der Waals surface area contributed by atoms with E-state index in [1.54, 1.807) is 6.07 Å². The molecule has 1 N–H and O–H groups in total. The fourth-order valence-corrected chi connectivity index (χ4v) is 3.10. The van der Waals surface area contributed by atoms with Crippen LogP contribution >= 0.6 is 11.6 Å². The van der Waals surface area contributed by atoms with Gasteiger partial charge in [-0.25, -0.2) is 4.39 Å². The second-order valence-electron chi connectivity index (χ2n) is 6.83. The van der Waals surface area contributed by atoms with Crippen molar-refractivity contribution in [2.75, 3.05) is 13.1 Å². The first kappa shape index (κ1) is 15.7. The summed E-state index contributed by atoms with van der Waals surface area (Å²) in [6, 6.07) is 6.06. The molecule has 1 aliphatic heterocycles. The van der Waals surface area contributed by atoms with Gasteiger partial charge < -0.3 is 5.32 Å². The monoisotopic (exact) mass is 298 g/mol. The predicted molar refractivity (Wildman–Crippen MR) is 82.5 cm³/mol. The molecule has 0 radical (unpaired) electrons. The van der Waals surface area contributed by atoms with Gasteiger partial charge in [0.05, 0.1) is 5.02 Å². The number of nitrogens with zero attached hydrogens (tertiary/aromatic N) is 1. The number of halogens is 2. The van der Waals surface area contributed by atoms with Crippen LogP contribution in [0.1, 0.15) is 33.3 Å². The Kier molecular flexibility index (Phi) is 4.73. The van der Waals surface area contributed by atoms with Gasteiger partial charge in [-0.2, -0.15) is 0 Å². The molecule has 2 rings (SSSR count). The van der Waals surface area contributed by atoms with Gasteiger partial charge in [0.1, 0.15) is 5.82 Å². The lowest BCUT2D eigenvalue weighted by Gasteiger charge is -2.46. The molecule has 1 saturated heterocycles. The zero-order valence-corrected chi connectivity index (χ0v) is 13.5. The summed E-state index contributed by atoms with van der Waals surface area (Å²) in [5.41, 5.74) is 0.836. The van der Waals surface area contributed by atoms with Gasteiger partial charge in [0.15, 0.2) is 0 Å². The van der Waals surface area contributed by atoms with Gasteiger partial charge >= 0.3 is 0 Å². The van der Waals surface area contributed by atoms with Gasteiger partial charge in [-0.05, 0) is 18.4 Å². The topological polar surface area (TPSA) is 15.3 Å². The molecule has 4 heteroatoms. The minimum atomic E-state index is -0.284. The van der Waals surface area contributed by atoms with Crippen LogP contribution in [-0.4, -0.2) is 30.1 Å². The lowest BCUT2D eigenvalue weighted by molar-refractivity contribution is 0.0518. The molecule has 0 bridgehead atoms. The summed E-state index contributed by atoms with van der Waals surface area (Å²) in [6.07, 6.45) is 0. The third-order valence-corrected chi connectivity index (χ3v) is 4.31. The van der Waals surface area contributed by atoms with E-state index in [1.807, 2.05) is 12.1 Å². The van der Waals surface area contributed by atoms with Gasteiger partial charge in [-0.15, -0.1) is 0 Å². The van der Waals surface area contributed by atoms with E-state index in [9.17, 15) is 4.39 Å². The van der Waals surface area contributed by atoms with Crippen molar-refractivity contribution in [1.29, 1.82) is 0 Å². The number of nitrogens with one attached hydrogen (secondary N) is 1. The first-order valence-electron chi connectivity index (χ1n) is 7.19. The maximum atomic E-state index is 14.1. The lowest BCUT2D eigenvalue weighted by Crippen LogP contribution is -2.59. The molecule has 0 amide bonds. The van der Waals surface area contributed by atoms with Crippen molar-refractivity contribution in [1.82, 2.24) is 10.2 Å². The number of hydrogen-bond donors (Lipinski definition) is 1. The molecule has 0 saturated carbocycles. The van der Waals surface area contributed by atoms with Gasteiger partial charge in [0.25, 0.3) is 0 Å². The highest BCUT2D eigenvalue weighted by atomic mass is 35.5. The Morgan fingerprint density at radius 2 is 2.10 bits per heavy atom. The van der Waals surface area contributed by atoms with Gasteiger partial charge in [-0.1, -0.05) is 44.5 Å². The number of piperazine rings is 1. The van der Waals surface area contributed by atoms with Crippen LogP contribution in [0.2, 0.25) is 5.02 Å². The molecular formula is C16H24ClFN2. The van der Waals surface area contributed by atoms with Crippen molar-refractivity contribution in [2.24, 2.45) is 5.41 Å². The highest BCUT2D eigenvalue weighted by Gasteiger charge is 2.34. The van der Waals surface area contributed by atoms with Crippen LogP contribution in [0.4, 0.5) is 4.39 Å². The Hall–Kier alpha value is -0.640. The highest BCUT2D eigenvalue weighted by molar-refractivity contribution is 6.30. The highest BCUT2D eigenvalue weighted by Crippen LogP contribution is 2.29. The molecule has 2 nitrogen and oxygen atoms in total. The number of benzene rings is 1. The molecule has 112 valence electrons. The van der Waals surface area contributed by atoms with E-state index in [-0.39, 0.29) is 16.3 Å². The standard InChI is InChI=1S/C16H24ClFN2/c1-11-9-20(14(8-19-11)16(2,3)4)10-12-6-5-7-13(17)15(12)18/h5-7,11,14,19H,8-10H2,1-4H3. The van der Waals surface area contributed by atoms with Crippen molar-refractivity contribution in [2.45, 2.75) is 46.3 Å². The molecule has 2 atom stereocenters. The van der Waals surface area contributed by atoms with Gasteiger partial charge in [-0.3, -0.25) is 4.90 Å². The molecule has 1 heterocycles. The van der Waals surface area contributed by atoms with E-state index in [4.69, 9.17) is 11.6 Å². The van der Waals surface area contributed by atoms with E-state index in [0.29, 0.717) is 24.2 Å². The lowest BCUT2D eigenvalue weighted by atomic mass is 9.83. The van der Waals surface area contributed by atoms with Crippen LogP contribution in [-0.2, 0) is 6.54 Å². The van der Waals surface area contributed by atoms with Gasteiger partial charge in [0.2, 0.25) is 0 Å². The summed E-state index contributed by atoms with van der Waals surface area (Å²) in [4.78, 5) is 2.37. The van der Waals surface area contributed by atoms with Crippen molar-refractivity contribution in [3.05, 3.63) is 34.6 Å². The van der Waals surface area contributed by atoms with E-state index in [2.05, 4.69) is 37.9 Å². The Bertz CT molecular complexity index is 470. The molecule has 1 aliphatic rings. The molecule has 1 fully saturated rings. The molecule has 2 unspecified atom stereocenters. The third-order valence-electron chi connectivity index (χ3n) is 4.01. The third kappa shape index (κ3) is 3.51. The predicted octanol–water partition coefficient (Wildman–Crippen LogP) is 3.69. The van der Waals surface area contributed by atoms with E-state index in [0.717, 1.165) is 13.1 Å². The zero-order chi connectivity index (χ0) is 14.9. The van der Waals surface area contributed by atoms with Crippen molar-refractivity contribution in [3.8, 4) is 0 Å². The van der Waals surface area contributed by atoms with E-state index in [1.165, 1.54) is 0 Å². The second-order valence-corrected chi connectivity index (χ2v) is 7.24. The fourth-order valence-electron chi connectivity index (χ4n) is 2.90. The summed E-state index contributed by atoms with van der Waals surface area (Å²) in [5.74, 6) is -0.284. The first-order chi connectivity index (χ1) is 9.29. The summed E-state index contributed by atoms with van der Waals surface area (Å²) in [6.45, 7) is 11.3. The average Bonchev–Trinajstić information content (AvgIpc) is 2.33. The van der Waals surface area contributed by atoms with Crippen LogP contribution < -0.4 is 5.32 Å². The minimum absolute atomic E-state index is 0.155. The molecular weight excluding hydrogens is 275 g/mol. The molecule has 0 spiro atoms.